The second-order valence-electron chi connectivity index (χ2n) is 7.71. The van der Waals surface area contributed by atoms with Gasteiger partial charge in [0.2, 0.25) is 5.91 Å². The van der Waals surface area contributed by atoms with Crippen molar-refractivity contribution in [1.82, 2.24) is 14.9 Å². The summed E-state index contributed by atoms with van der Waals surface area (Å²) in [6.07, 6.45) is 6.12. The van der Waals surface area contributed by atoms with Gasteiger partial charge in [-0.15, -0.1) is 11.3 Å². The number of thiophene rings is 1. The second-order valence-corrected chi connectivity index (χ2v) is 8.79. The molecule has 148 valence electrons. The van der Waals surface area contributed by atoms with Gasteiger partial charge >= 0.3 is 0 Å². The summed E-state index contributed by atoms with van der Waals surface area (Å²) in [4.78, 5) is 30.1. The number of fused-ring (bicyclic) bond motifs is 4. The average molecular weight is 406 g/mol. The van der Waals surface area contributed by atoms with Crippen molar-refractivity contribution in [2.45, 2.75) is 32.7 Å². The highest BCUT2D eigenvalue weighted by molar-refractivity contribution is 7.19. The van der Waals surface area contributed by atoms with Crippen molar-refractivity contribution in [1.29, 1.82) is 0 Å². The molecule has 2 aliphatic rings. The van der Waals surface area contributed by atoms with Crippen molar-refractivity contribution in [2.75, 3.05) is 18.9 Å². The van der Waals surface area contributed by atoms with Crippen molar-refractivity contribution in [3.63, 3.8) is 0 Å². The number of amides is 1. The minimum Gasteiger partial charge on any atom is -0.346 e. The Morgan fingerprint density at radius 1 is 1.34 bits per heavy atom. The molecule has 3 aromatic rings. The summed E-state index contributed by atoms with van der Waals surface area (Å²) >= 11 is 1.70. The number of carbonyl (C=O) groups excluding carboxylic acids is 1. The van der Waals surface area contributed by atoms with Crippen molar-refractivity contribution in [3.8, 4) is 0 Å². The molecule has 1 atom stereocenters. The molecular weight excluding hydrogens is 382 g/mol. The number of aromatic nitrogens is 2. The lowest BCUT2D eigenvalue weighted by Crippen LogP contribution is -2.35. The lowest BCUT2D eigenvalue weighted by atomic mass is 9.87. The number of nitrogens with zero attached hydrogens (tertiary/aromatic N) is 4. The molecule has 0 bridgehead atoms. The van der Waals surface area contributed by atoms with E-state index in [0.29, 0.717) is 0 Å². The fourth-order valence-corrected chi connectivity index (χ4v) is 5.47. The monoisotopic (exact) mass is 405 g/mol. The van der Waals surface area contributed by atoms with Gasteiger partial charge in [0, 0.05) is 36.3 Å². The van der Waals surface area contributed by atoms with E-state index in [1.807, 2.05) is 25.1 Å². The van der Waals surface area contributed by atoms with Crippen LogP contribution in [-0.2, 0) is 24.2 Å². The second kappa shape index (κ2) is 7.22. The summed E-state index contributed by atoms with van der Waals surface area (Å²) < 4.78 is 0. The maximum Gasteiger partial charge on any atom is 0.225 e. The zero-order valence-corrected chi connectivity index (χ0v) is 17.4. The van der Waals surface area contributed by atoms with Gasteiger partial charge in [-0.1, -0.05) is 6.07 Å². The first kappa shape index (κ1) is 18.2. The van der Waals surface area contributed by atoms with Crippen LogP contribution in [0.2, 0.25) is 0 Å². The number of nitrogens with one attached hydrogen (secondary N) is 1. The van der Waals surface area contributed by atoms with Gasteiger partial charge in [-0.3, -0.25) is 9.79 Å². The van der Waals surface area contributed by atoms with Gasteiger partial charge < -0.3 is 10.2 Å². The van der Waals surface area contributed by atoms with Crippen molar-refractivity contribution in [2.24, 2.45) is 10.9 Å². The highest BCUT2D eigenvalue weighted by Crippen LogP contribution is 2.40. The van der Waals surface area contributed by atoms with E-state index in [9.17, 15) is 4.79 Å². The Balaban J connectivity index is 1.47. The van der Waals surface area contributed by atoms with Crippen LogP contribution in [-0.4, -0.2) is 40.6 Å². The first-order valence-electron chi connectivity index (χ1n) is 10.0. The molecule has 1 aliphatic heterocycles. The molecule has 0 saturated heterocycles. The minimum atomic E-state index is 0.0703. The maximum absolute atomic E-state index is 12.6. The number of aryl methyl sites for hydroxylation is 1. The zero-order valence-electron chi connectivity index (χ0n) is 16.6. The van der Waals surface area contributed by atoms with Crippen LogP contribution >= 0.6 is 11.3 Å². The first-order chi connectivity index (χ1) is 14.1. The van der Waals surface area contributed by atoms with Crippen LogP contribution in [0.5, 0.6) is 0 Å². The number of aliphatic imine (C=N–C) groups is 1. The lowest BCUT2D eigenvalue weighted by Gasteiger charge is -2.26. The van der Waals surface area contributed by atoms with Crippen molar-refractivity contribution in [3.05, 3.63) is 46.1 Å². The molecule has 29 heavy (non-hydrogen) atoms. The first-order valence-corrected chi connectivity index (χ1v) is 10.9. The summed E-state index contributed by atoms with van der Waals surface area (Å²) in [6, 6.07) is 6.32. The normalized spacial score (nSPS) is 17.2. The van der Waals surface area contributed by atoms with E-state index in [-0.39, 0.29) is 11.8 Å². The van der Waals surface area contributed by atoms with Crippen LogP contribution in [0.4, 0.5) is 11.5 Å². The molecule has 0 radical (unpaired) electrons. The Morgan fingerprint density at radius 2 is 2.24 bits per heavy atom. The van der Waals surface area contributed by atoms with E-state index in [1.165, 1.54) is 16.0 Å². The Bertz CT molecular complexity index is 1140. The average Bonchev–Trinajstić information content (AvgIpc) is 3.36. The third kappa shape index (κ3) is 3.19. The Labute approximate surface area is 173 Å². The van der Waals surface area contributed by atoms with E-state index in [0.717, 1.165) is 59.6 Å². The molecule has 6 nitrogen and oxygen atoms in total. The summed E-state index contributed by atoms with van der Waals surface area (Å²) in [5, 5.41) is 4.60. The van der Waals surface area contributed by atoms with Gasteiger partial charge in [0.05, 0.1) is 11.9 Å². The fourth-order valence-electron chi connectivity index (χ4n) is 4.20. The van der Waals surface area contributed by atoms with Gasteiger partial charge in [-0.25, -0.2) is 9.97 Å². The molecule has 1 amide bonds. The van der Waals surface area contributed by atoms with Gasteiger partial charge in [-0.2, -0.15) is 0 Å². The van der Waals surface area contributed by atoms with Crippen LogP contribution in [0.25, 0.3) is 10.2 Å². The fraction of sp³-hybridized carbons (Fsp3) is 0.364. The molecular formula is C22H23N5OS. The van der Waals surface area contributed by atoms with Gasteiger partial charge in [0.25, 0.3) is 0 Å². The predicted octanol–water partition coefficient (Wildman–Crippen LogP) is 3.95. The number of hydrogen-bond acceptors (Lipinski definition) is 6. The molecule has 0 unspecified atom stereocenters. The topological polar surface area (TPSA) is 70.5 Å². The molecule has 0 saturated carbocycles. The number of benzene rings is 1. The van der Waals surface area contributed by atoms with E-state index in [1.54, 1.807) is 17.7 Å². The third-order valence-corrected chi connectivity index (χ3v) is 7.11. The van der Waals surface area contributed by atoms with Crippen LogP contribution in [0, 0.1) is 5.92 Å². The van der Waals surface area contributed by atoms with Crippen LogP contribution < -0.4 is 5.32 Å². The summed E-state index contributed by atoms with van der Waals surface area (Å²) in [5.41, 5.74) is 4.72. The zero-order chi connectivity index (χ0) is 20.0. The van der Waals surface area contributed by atoms with Crippen LogP contribution in [0.3, 0.4) is 0 Å². The SMILES string of the molecule is CCN(C)C(=O)[C@H]1CCc2c(sc3ncnc(Nc4ccc5c(c4)C=NC5)c23)C1. The molecule has 1 aromatic carbocycles. The Kier molecular flexibility index (Phi) is 4.54. The molecule has 1 N–H and O–H groups in total. The summed E-state index contributed by atoms with van der Waals surface area (Å²) in [6.45, 7) is 3.53. The van der Waals surface area contributed by atoms with Gasteiger partial charge in [-0.05, 0) is 55.0 Å². The summed E-state index contributed by atoms with van der Waals surface area (Å²) in [5.74, 6) is 1.17. The van der Waals surface area contributed by atoms with Crippen molar-refractivity contribution < 1.29 is 4.79 Å². The predicted molar refractivity (Wildman–Crippen MR) is 117 cm³/mol. The molecule has 0 fully saturated rings. The van der Waals surface area contributed by atoms with E-state index < -0.39 is 0 Å². The quantitative estimate of drug-likeness (QED) is 0.713. The van der Waals surface area contributed by atoms with Crippen LogP contribution in [0.1, 0.15) is 34.9 Å². The molecule has 5 rings (SSSR count). The number of carbonyl (C=O) groups is 1. The third-order valence-electron chi connectivity index (χ3n) is 5.95. The van der Waals surface area contributed by atoms with Crippen molar-refractivity contribution >= 4 is 45.2 Å². The largest absolute Gasteiger partial charge is 0.346 e. The molecule has 7 heteroatoms. The Morgan fingerprint density at radius 3 is 3.10 bits per heavy atom. The molecule has 0 spiro atoms. The molecule has 2 aromatic heterocycles. The van der Waals surface area contributed by atoms with E-state index >= 15 is 0 Å². The van der Waals surface area contributed by atoms with Crippen LogP contribution in [0.15, 0.2) is 29.5 Å². The lowest BCUT2D eigenvalue weighted by molar-refractivity contribution is -0.134. The summed E-state index contributed by atoms with van der Waals surface area (Å²) in [7, 11) is 1.89. The maximum atomic E-state index is 12.6. The van der Waals surface area contributed by atoms with Gasteiger partial charge in [0.1, 0.15) is 17.0 Å². The van der Waals surface area contributed by atoms with E-state index in [4.69, 9.17) is 0 Å². The number of rotatable bonds is 4. The number of hydrogen-bond donors (Lipinski definition) is 1. The molecule has 1 aliphatic carbocycles. The Hall–Kier alpha value is -2.80. The van der Waals surface area contributed by atoms with E-state index in [2.05, 4.69) is 38.5 Å². The highest BCUT2D eigenvalue weighted by Gasteiger charge is 2.30. The van der Waals surface area contributed by atoms with Gasteiger partial charge in [0.15, 0.2) is 0 Å². The smallest absolute Gasteiger partial charge is 0.225 e. The standard InChI is InChI=1S/C22H23N5OS/c1-3-27(2)22(28)13-5-7-17-18(9-13)29-21-19(17)20(24-12-25-21)26-16-6-4-14-10-23-11-15(14)8-16/h4,6,8,11-13H,3,5,7,9-10H2,1-2H3,(H,24,25,26)/t13-/m0/s1. The highest BCUT2D eigenvalue weighted by atomic mass is 32.1. The minimum absolute atomic E-state index is 0.0703. The number of anilines is 2. The molecule has 3 heterocycles.